The number of rotatable bonds is 5. The lowest BCUT2D eigenvalue weighted by molar-refractivity contribution is -0.142. The first-order valence-corrected chi connectivity index (χ1v) is 11.8. The first kappa shape index (κ1) is 20.5. The summed E-state index contributed by atoms with van der Waals surface area (Å²) in [5, 5.41) is 10.6. The van der Waals surface area contributed by atoms with E-state index in [2.05, 4.69) is 4.57 Å². The highest BCUT2D eigenvalue weighted by Crippen LogP contribution is 2.36. The smallest absolute Gasteiger partial charge is 0.308 e. The number of sulfone groups is 1. The minimum atomic E-state index is -3.25. The van der Waals surface area contributed by atoms with Crippen LogP contribution in [0.2, 0.25) is 0 Å². The fraction of sp³-hybridized carbons (Fsp3) is 0.348. The standard InChI is InChI=1S/C23H25NO5S/c1-14-10-18(30(3,27)28)7-4-15(14)11-19-20-12-17(29-2)6-9-22(20)24-13-16(23(25)26)5-8-21(19)24/h4,6-7,9-10,12,16H,5,8,11,13H2,1-3H3,(H,25,26). The van der Waals surface area contributed by atoms with Gasteiger partial charge in [-0.15, -0.1) is 0 Å². The number of carboxylic acid groups (broad SMARTS) is 1. The van der Waals surface area contributed by atoms with E-state index in [1.165, 1.54) is 6.26 Å². The lowest BCUT2D eigenvalue weighted by atomic mass is 9.93. The minimum absolute atomic E-state index is 0.318. The molecule has 1 atom stereocenters. The summed E-state index contributed by atoms with van der Waals surface area (Å²) < 4.78 is 31.3. The van der Waals surface area contributed by atoms with E-state index in [0.717, 1.165) is 39.0 Å². The van der Waals surface area contributed by atoms with E-state index in [-0.39, 0.29) is 5.92 Å². The molecule has 1 N–H and O–H groups in total. The quantitative estimate of drug-likeness (QED) is 0.672. The van der Waals surface area contributed by atoms with Crippen molar-refractivity contribution in [2.75, 3.05) is 13.4 Å². The van der Waals surface area contributed by atoms with Gasteiger partial charge in [0, 0.05) is 35.8 Å². The van der Waals surface area contributed by atoms with Crippen molar-refractivity contribution in [3.63, 3.8) is 0 Å². The van der Waals surface area contributed by atoms with E-state index in [1.807, 2.05) is 31.2 Å². The third kappa shape index (κ3) is 3.58. The minimum Gasteiger partial charge on any atom is -0.497 e. The summed E-state index contributed by atoms with van der Waals surface area (Å²) in [6.45, 7) is 2.38. The summed E-state index contributed by atoms with van der Waals surface area (Å²) in [6.07, 6.45) is 3.18. The predicted molar refractivity (Wildman–Crippen MR) is 115 cm³/mol. The Morgan fingerprint density at radius 3 is 2.63 bits per heavy atom. The molecule has 158 valence electrons. The maximum atomic E-state index is 11.9. The molecule has 7 heteroatoms. The number of hydrogen-bond donors (Lipinski definition) is 1. The van der Waals surface area contributed by atoms with Crippen molar-refractivity contribution >= 4 is 26.7 Å². The summed E-state index contributed by atoms with van der Waals surface area (Å²) in [6, 6.07) is 11.2. The molecule has 3 aromatic rings. The van der Waals surface area contributed by atoms with Crippen LogP contribution >= 0.6 is 0 Å². The average Bonchev–Trinajstić information content (AvgIpc) is 3.01. The first-order valence-electron chi connectivity index (χ1n) is 9.89. The number of carboxylic acids is 1. The second-order valence-electron chi connectivity index (χ2n) is 8.03. The number of aromatic nitrogens is 1. The molecule has 0 bridgehead atoms. The van der Waals surface area contributed by atoms with Crippen LogP contribution in [0.4, 0.5) is 0 Å². The number of methoxy groups -OCH3 is 1. The SMILES string of the molecule is COc1ccc2c(c1)c(Cc1ccc(S(C)(=O)=O)cc1C)c1n2CC(C(=O)O)CC1. The third-order valence-corrected chi connectivity index (χ3v) is 7.20. The van der Waals surface area contributed by atoms with Crippen LogP contribution in [-0.4, -0.2) is 37.4 Å². The largest absolute Gasteiger partial charge is 0.497 e. The second-order valence-corrected chi connectivity index (χ2v) is 10.0. The van der Waals surface area contributed by atoms with Crippen LogP contribution in [0.15, 0.2) is 41.3 Å². The zero-order chi connectivity index (χ0) is 21.6. The first-order chi connectivity index (χ1) is 14.2. The third-order valence-electron chi connectivity index (χ3n) is 6.09. The zero-order valence-corrected chi connectivity index (χ0v) is 18.1. The molecule has 0 aliphatic carbocycles. The van der Waals surface area contributed by atoms with Gasteiger partial charge in [-0.25, -0.2) is 8.42 Å². The van der Waals surface area contributed by atoms with Crippen LogP contribution in [0.5, 0.6) is 5.75 Å². The van der Waals surface area contributed by atoms with E-state index >= 15 is 0 Å². The molecule has 0 amide bonds. The lowest BCUT2D eigenvalue weighted by Crippen LogP contribution is -2.26. The van der Waals surface area contributed by atoms with Gasteiger partial charge < -0.3 is 14.4 Å². The van der Waals surface area contributed by atoms with Gasteiger partial charge in [-0.3, -0.25) is 4.79 Å². The van der Waals surface area contributed by atoms with Gasteiger partial charge in [0.2, 0.25) is 0 Å². The van der Waals surface area contributed by atoms with Crippen LogP contribution in [0, 0.1) is 12.8 Å². The van der Waals surface area contributed by atoms with Gasteiger partial charge in [-0.1, -0.05) is 6.07 Å². The van der Waals surface area contributed by atoms with E-state index in [1.54, 1.807) is 19.2 Å². The number of benzene rings is 2. The highest BCUT2D eigenvalue weighted by molar-refractivity contribution is 7.90. The fourth-order valence-corrected chi connectivity index (χ4v) is 5.09. The Morgan fingerprint density at radius 1 is 1.23 bits per heavy atom. The second kappa shape index (κ2) is 7.47. The summed E-state index contributed by atoms with van der Waals surface area (Å²) in [5.41, 5.74) is 5.30. The molecule has 1 aliphatic heterocycles. The van der Waals surface area contributed by atoms with Gasteiger partial charge in [-0.2, -0.15) is 0 Å². The Morgan fingerprint density at radius 2 is 2.00 bits per heavy atom. The molecular weight excluding hydrogens is 402 g/mol. The van der Waals surface area contributed by atoms with Crippen molar-refractivity contribution in [2.45, 2.75) is 37.6 Å². The van der Waals surface area contributed by atoms with Gasteiger partial charge in [0.25, 0.3) is 0 Å². The van der Waals surface area contributed by atoms with Crippen molar-refractivity contribution in [2.24, 2.45) is 5.92 Å². The van der Waals surface area contributed by atoms with Crippen LogP contribution < -0.4 is 4.74 Å². The molecule has 2 heterocycles. The molecule has 1 aliphatic rings. The molecule has 0 saturated carbocycles. The van der Waals surface area contributed by atoms with Crippen molar-refractivity contribution in [1.29, 1.82) is 0 Å². The van der Waals surface area contributed by atoms with Crippen LogP contribution in [0.25, 0.3) is 10.9 Å². The molecule has 4 rings (SSSR count). The fourth-order valence-electron chi connectivity index (χ4n) is 4.39. The summed E-state index contributed by atoms with van der Waals surface area (Å²) in [7, 11) is -1.62. The van der Waals surface area contributed by atoms with Crippen LogP contribution in [-0.2, 0) is 34.0 Å². The van der Waals surface area contributed by atoms with E-state index < -0.39 is 15.8 Å². The maximum absolute atomic E-state index is 11.9. The lowest BCUT2D eigenvalue weighted by Gasteiger charge is -2.23. The van der Waals surface area contributed by atoms with Crippen molar-refractivity contribution in [1.82, 2.24) is 4.57 Å². The highest BCUT2D eigenvalue weighted by Gasteiger charge is 2.29. The molecule has 0 saturated heterocycles. The Bertz CT molecular complexity index is 1260. The zero-order valence-electron chi connectivity index (χ0n) is 17.3. The van der Waals surface area contributed by atoms with Gasteiger partial charge in [0.1, 0.15) is 5.75 Å². The molecule has 1 aromatic heterocycles. The molecule has 0 spiro atoms. The van der Waals surface area contributed by atoms with Crippen molar-refractivity contribution < 1.29 is 23.1 Å². The number of hydrogen-bond acceptors (Lipinski definition) is 4. The van der Waals surface area contributed by atoms with Crippen molar-refractivity contribution in [3.8, 4) is 5.75 Å². The van der Waals surface area contributed by atoms with Gasteiger partial charge in [0.05, 0.1) is 17.9 Å². The Hall–Kier alpha value is -2.80. The van der Waals surface area contributed by atoms with E-state index in [0.29, 0.717) is 30.7 Å². The van der Waals surface area contributed by atoms with E-state index in [4.69, 9.17) is 4.74 Å². The Kier molecular flexibility index (Phi) is 5.10. The highest BCUT2D eigenvalue weighted by atomic mass is 32.2. The van der Waals surface area contributed by atoms with Crippen molar-refractivity contribution in [3.05, 3.63) is 58.8 Å². The monoisotopic (exact) mass is 427 g/mol. The normalized spacial score (nSPS) is 16.4. The average molecular weight is 428 g/mol. The summed E-state index contributed by atoms with van der Waals surface area (Å²) >= 11 is 0. The Balaban J connectivity index is 1.84. The maximum Gasteiger partial charge on any atom is 0.308 e. The topological polar surface area (TPSA) is 85.6 Å². The number of nitrogens with zero attached hydrogens (tertiary/aromatic N) is 1. The number of carbonyl (C=O) groups is 1. The van der Waals surface area contributed by atoms with Crippen LogP contribution in [0.1, 0.15) is 28.8 Å². The summed E-state index contributed by atoms with van der Waals surface area (Å²) in [5.74, 6) is -0.394. The molecule has 1 unspecified atom stereocenters. The molecule has 30 heavy (non-hydrogen) atoms. The van der Waals surface area contributed by atoms with E-state index in [9.17, 15) is 18.3 Å². The summed E-state index contributed by atoms with van der Waals surface area (Å²) in [4.78, 5) is 11.9. The van der Waals surface area contributed by atoms with Crippen LogP contribution in [0.3, 0.4) is 0 Å². The number of aliphatic carboxylic acids is 1. The molecule has 0 fully saturated rings. The predicted octanol–water partition coefficient (Wildman–Crippen LogP) is 3.60. The Labute approximate surface area is 176 Å². The molecule has 2 aromatic carbocycles. The molecular formula is C23H25NO5S. The number of ether oxygens (including phenoxy) is 1. The van der Waals surface area contributed by atoms with Gasteiger partial charge >= 0.3 is 5.97 Å². The number of fused-ring (bicyclic) bond motifs is 3. The number of aryl methyl sites for hydroxylation is 1. The molecule has 0 radical (unpaired) electrons. The van der Waals surface area contributed by atoms with Gasteiger partial charge in [-0.05, 0) is 66.8 Å². The molecule has 6 nitrogen and oxygen atoms in total. The van der Waals surface area contributed by atoms with Gasteiger partial charge in [0.15, 0.2) is 9.84 Å².